The number of hydrogen-bond acceptors (Lipinski definition) is 3. The van der Waals surface area contributed by atoms with E-state index in [1.54, 1.807) is 6.07 Å². The minimum Gasteiger partial charge on any atom is -0.443 e. The second-order valence-electron chi connectivity index (χ2n) is 4.78. The molecule has 1 aromatic heterocycles. The van der Waals surface area contributed by atoms with Gasteiger partial charge in [0.15, 0.2) is 12.2 Å². The standard InChI is InChI=1S/C14H16ClFN2O/c1-9(2)6-17-7-13-14(19-8-18-13)11-5-10(15)3-4-12(11)16/h3-5,8-9,17H,6-7H2,1-2H3. The summed E-state index contributed by atoms with van der Waals surface area (Å²) in [5.74, 6) is 0.598. The molecule has 0 aliphatic rings. The molecule has 1 aromatic carbocycles. The summed E-state index contributed by atoms with van der Waals surface area (Å²) in [6.07, 6.45) is 1.32. The van der Waals surface area contributed by atoms with Crippen molar-refractivity contribution >= 4 is 11.6 Å². The first kappa shape index (κ1) is 14.0. The molecule has 0 unspecified atom stereocenters. The molecule has 0 fully saturated rings. The highest BCUT2D eigenvalue weighted by Gasteiger charge is 2.15. The predicted octanol–water partition coefficient (Wildman–Crippen LogP) is 3.88. The summed E-state index contributed by atoms with van der Waals surface area (Å²) in [6, 6.07) is 4.38. The van der Waals surface area contributed by atoms with Crippen molar-refractivity contribution < 1.29 is 8.81 Å². The number of benzene rings is 1. The summed E-state index contributed by atoms with van der Waals surface area (Å²) in [7, 11) is 0. The zero-order valence-corrected chi connectivity index (χ0v) is 11.7. The van der Waals surface area contributed by atoms with Gasteiger partial charge in [-0.2, -0.15) is 0 Å². The van der Waals surface area contributed by atoms with Gasteiger partial charge in [-0.05, 0) is 30.7 Å². The molecular weight excluding hydrogens is 267 g/mol. The van der Waals surface area contributed by atoms with Gasteiger partial charge in [-0.25, -0.2) is 9.37 Å². The number of halogens is 2. The Morgan fingerprint density at radius 2 is 2.21 bits per heavy atom. The second kappa shape index (κ2) is 6.17. The van der Waals surface area contributed by atoms with Crippen molar-refractivity contribution in [3.63, 3.8) is 0 Å². The van der Waals surface area contributed by atoms with Crippen LogP contribution in [-0.4, -0.2) is 11.5 Å². The maximum Gasteiger partial charge on any atom is 0.181 e. The molecule has 102 valence electrons. The zero-order chi connectivity index (χ0) is 13.8. The second-order valence-corrected chi connectivity index (χ2v) is 5.21. The van der Waals surface area contributed by atoms with Crippen LogP contribution < -0.4 is 5.32 Å². The van der Waals surface area contributed by atoms with E-state index in [1.807, 2.05) is 0 Å². The molecule has 0 aliphatic heterocycles. The van der Waals surface area contributed by atoms with Gasteiger partial charge in [0.25, 0.3) is 0 Å². The highest BCUT2D eigenvalue weighted by atomic mass is 35.5. The van der Waals surface area contributed by atoms with E-state index in [0.717, 1.165) is 6.54 Å². The first-order chi connectivity index (χ1) is 9.08. The van der Waals surface area contributed by atoms with Crippen LogP contribution in [0.25, 0.3) is 11.3 Å². The van der Waals surface area contributed by atoms with E-state index in [1.165, 1.54) is 18.5 Å². The van der Waals surface area contributed by atoms with Gasteiger partial charge in [-0.1, -0.05) is 25.4 Å². The van der Waals surface area contributed by atoms with E-state index in [2.05, 4.69) is 24.1 Å². The SMILES string of the molecule is CC(C)CNCc1ncoc1-c1cc(Cl)ccc1F. The summed E-state index contributed by atoms with van der Waals surface area (Å²) in [5.41, 5.74) is 1.02. The number of rotatable bonds is 5. The molecule has 19 heavy (non-hydrogen) atoms. The highest BCUT2D eigenvalue weighted by Crippen LogP contribution is 2.28. The molecule has 0 radical (unpaired) electrons. The Morgan fingerprint density at radius 3 is 2.95 bits per heavy atom. The van der Waals surface area contributed by atoms with E-state index in [-0.39, 0.29) is 5.82 Å². The van der Waals surface area contributed by atoms with Crippen molar-refractivity contribution in [1.82, 2.24) is 10.3 Å². The summed E-state index contributed by atoms with van der Waals surface area (Å²) in [5, 5.41) is 3.72. The molecule has 0 atom stereocenters. The minimum atomic E-state index is -0.369. The van der Waals surface area contributed by atoms with Crippen LogP contribution in [0.3, 0.4) is 0 Å². The third-order valence-electron chi connectivity index (χ3n) is 2.66. The smallest absolute Gasteiger partial charge is 0.181 e. The molecule has 0 bridgehead atoms. The van der Waals surface area contributed by atoms with Crippen LogP contribution in [0, 0.1) is 11.7 Å². The molecule has 3 nitrogen and oxygen atoms in total. The summed E-state index contributed by atoms with van der Waals surface area (Å²) < 4.78 is 19.1. The quantitative estimate of drug-likeness (QED) is 0.904. The van der Waals surface area contributed by atoms with Crippen molar-refractivity contribution in [3.05, 3.63) is 41.1 Å². The number of hydrogen-bond donors (Lipinski definition) is 1. The molecule has 0 spiro atoms. The lowest BCUT2D eigenvalue weighted by Gasteiger charge is -2.07. The minimum absolute atomic E-state index is 0.339. The molecule has 0 saturated carbocycles. The fourth-order valence-corrected chi connectivity index (χ4v) is 1.94. The van der Waals surface area contributed by atoms with Gasteiger partial charge in [0, 0.05) is 11.6 Å². The Bertz CT molecular complexity index is 554. The Balaban J connectivity index is 2.21. The van der Waals surface area contributed by atoms with Crippen LogP contribution in [0.1, 0.15) is 19.5 Å². The molecule has 2 rings (SSSR count). The lowest BCUT2D eigenvalue weighted by molar-refractivity contribution is 0.542. The Morgan fingerprint density at radius 1 is 1.42 bits per heavy atom. The number of nitrogens with one attached hydrogen (secondary N) is 1. The Kier molecular flexibility index (Phi) is 4.56. The molecule has 2 aromatic rings. The van der Waals surface area contributed by atoms with Crippen LogP contribution in [0.4, 0.5) is 4.39 Å². The van der Waals surface area contributed by atoms with Crippen molar-refractivity contribution in [2.75, 3.05) is 6.54 Å². The van der Waals surface area contributed by atoms with Crippen molar-refractivity contribution in [2.24, 2.45) is 5.92 Å². The monoisotopic (exact) mass is 282 g/mol. The summed E-state index contributed by atoms with van der Waals surface area (Å²) in [6.45, 7) is 5.64. The number of oxazole rings is 1. The average Bonchev–Trinajstić information content (AvgIpc) is 2.80. The van der Waals surface area contributed by atoms with Crippen molar-refractivity contribution in [1.29, 1.82) is 0 Å². The molecule has 5 heteroatoms. The van der Waals surface area contributed by atoms with Gasteiger partial charge >= 0.3 is 0 Å². The van der Waals surface area contributed by atoms with E-state index in [9.17, 15) is 4.39 Å². The first-order valence-corrected chi connectivity index (χ1v) is 6.54. The lowest BCUT2D eigenvalue weighted by Crippen LogP contribution is -2.19. The molecular formula is C14H16ClFN2O. The maximum atomic E-state index is 13.8. The van der Waals surface area contributed by atoms with Gasteiger partial charge < -0.3 is 9.73 Å². The Hall–Kier alpha value is -1.39. The normalized spacial score (nSPS) is 11.2. The van der Waals surface area contributed by atoms with Gasteiger partial charge in [0.1, 0.15) is 11.5 Å². The zero-order valence-electron chi connectivity index (χ0n) is 10.9. The van der Waals surface area contributed by atoms with E-state index in [0.29, 0.717) is 34.5 Å². The molecule has 0 aliphatic carbocycles. The third-order valence-corrected chi connectivity index (χ3v) is 2.89. The average molecular weight is 283 g/mol. The molecule has 1 N–H and O–H groups in total. The van der Waals surface area contributed by atoms with E-state index < -0.39 is 0 Å². The van der Waals surface area contributed by atoms with Gasteiger partial charge in [0.2, 0.25) is 0 Å². The van der Waals surface area contributed by atoms with E-state index >= 15 is 0 Å². The highest BCUT2D eigenvalue weighted by molar-refractivity contribution is 6.30. The molecule has 0 saturated heterocycles. The van der Waals surface area contributed by atoms with Gasteiger partial charge in [-0.15, -0.1) is 0 Å². The van der Waals surface area contributed by atoms with Crippen LogP contribution >= 0.6 is 11.6 Å². The maximum absolute atomic E-state index is 13.8. The first-order valence-electron chi connectivity index (χ1n) is 6.16. The topological polar surface area (TPSA) is 38.1 Å². The Labute approximate surface area is 116 Å². The van der Waals surface area contributed by atoms with Crippen LogP contribution in [-0.2, 0) is 6.54 Å². The molecule has 1 heterocycles. The number of aromatic nitrogens is 1. The fraction of sp³-hybridized carbons (Fsp3) is 0.357. The predicted molar refractivity (Wildman–Crippen MR) is 73.5 cm³/mol. The van der Waals surface area contributed by atoms with Crippen LogP contribution in [0.15, 0.2) is 29.0 Å². The summed E-state index contributed by atoms with van der Waals surface area (Å²) >= 11 is 5.89. The van der Waals surface area contributed by atoms with Gasteiger partial charge in [0.05, 0.1) is 5.56 Å². The summed E-state index contributed by atoms with van der Waals surface area (Å²) in [4.78, 5) is 4.12. The molecule has 0 amide bonds. The van der Waals surface area contributed by atoms with Crippen molar-refractivity contribution in [3.8, 4) is 11.3 Å². The lowest BCUT2D eigenvalue weighted by atomic mass is 10.1. The fourth-order valence-electron chi connectivity index (χ4n) is 1.76. The van der Waals surface area contributed by atoms with Gasteiger partial charge in [-0.3, -0.25) is 0 Å². The van der Waals surface area contributed by atoms with Crippen molar-refractivity contribution in [2.45, 2.75) is 20.4 Å². The van der Waals surface area contributed by atoms with Crippen LogP contribution in [0.2, 0.25) is 5.02 Å². The largest absolute Gasteiger partial charge is 0.443 e. The van der Waals surface area contributed by atoms with E-state index in [4.69, 9.17) is 16.0 Å². The number of nitrogens with zero attached hydrogens (tertiary/aromatic N) is 1. The third kappa shape index (κ3) is 3.55. The van der Waals surface area contributed by atoms with Crippen LogP contribution in [0.5, 0.6) is 0 Å².